The largest absolute Gasteiger partial charge is 0.464 e. The fourth-order valence-electron chi connectivity index (χ4n) is 2.33. The van der Waals surface area contributed by atoms with Crippen molar-refractivity contribution in [2.24, 2.45) is 11.3 Å². The Balaban J connectivity index is 4.46. The Labute approximate surface area is 140 Å². The average molecular weight is 331 g/mol. The van der Waals surface area contributed by atoms with Gasteiger partial charge < -0.3 is 19.1 Å². The SMILES string of the molecule is CCC(CC(C)(C)C(=O)OCCN(CC)CC)C(=O)OCOC. The number of carbonyl (C=O) groups excluding carboxylic acids is 2. The zero-order valence-corrected chi connectivity index (χ0v) is 15.5. The average Bonchev–Trinajstić information content (AvgIpc) is 2.54. The molecule has 0 bridgehead atoms. The van der Waals surface area contributed by atoms with Crippen LogP contribution >= 0.6 is 0 Å². The molecule has 0 saturated heterocycles. The molecule has 0 aromatic rings. The maximum atomic E-state index is 12.3. The van der Waals surface area contributed by atoms with Gasteiger partial charge in [0.25, 0.3) is 0 Å². The molecule has 0 radical (unpaired) electrons. The van der Waals surface area contributed by atoms with Gasteiger partial charge in [-0.25, -0.2) is 0 Å². The molecule has 0 rings (SSSR count). The molecule has 0 spiro atoms. The van der Waals surface area contributed by atoms with Crippen LogP contribution < -0.4 is 0 Å². The van der Waals surface area contributed by atoms with Gasteiger partial charge in [0.05, 0.1) is 11.3 Å². The minimum Gasteiger partial charge on any atom is -0.464 e. The Bertz CT molecular complexity index is 353. The summed E-state index contributed by atoms with van der Waals surface area (Å²) >= 11 is 0. The van der Waals surface area contributed by atoms with Crippen LogP contribution in [0.5, 0.6) is 0 Å². The summed E-state index contributed by atoms with van der Waals surface area (Å²) in [5.74, 6) is -0.948. The molecule has 0 aliphatic carbocycles. The zero-order chi connectivity index (χ0) is 17.9. The molecule has 0 aliphatic heterocycles. The van der Waals surface area contributed by atoms with Crippen LogP contribution in [0.3, 0.4) is 0 Å². The topological polar surface area (TPSA) is 65.1 Å². The summed E-state index contributed by atoms with van der Waals surface area (Å²) in [6.07, 6.45) is 1.01. The molecule has 6 heteroatoms. The second kappa shape index (κ2) is 11.4. The quantitative estimate of drug-likeness (QED) is 0.404. The van der Waals surface area contributed by atoms with Gasteiger partial charge in [-0.15, -0.1) is 0 Å². The lowest BCUT2D eigenvalue weighted by Crippen LogP contribution is -2.34. The summed E-state index contributed by atoms with van der Waals surface area (Å²) < 4.78 is 15.1. The standard InChI is InChI=1S/C17H33NO5/c1-7-14(15(19)23-13-21-6)12-17(4,5)16(20)22-11-10-18(8-2)9-3/h14H,7-13H2,1-6H3. The summed E-state index contributed by atoms with van der Waals surface area (Å²) in [6.45, 7) is 12.6. The second-order valence-electron chi connectivity index (χ2n) is 6.23. The van der Waals surface area contributed by atoms with Gasteiger partial charge in [0.1, 0.15) is 6.61 Å². The summed E-state index contributed by atoms with van der Waals surface area (Å²) in [4.78, 5) is 26.4. The van der Waals surface area contributed by atoms with E-state index in [0.29, 0.717) is 19.4 Å². The van der Waals surface area contributed by atoms with Crippen LogP contribution in [-0.4, -0.2) is 57.0 Å². The van der Waals surface area contributed by atoms with E-state index in [1.165, 1.54) is 7.11 Å². The predicted octanol–water partition coefficient (Wildman–Crippen LogP) is 2.46. The number of methoxy groups -OCH3 is 1. The van der Waals surface area contributed by atoms with E-state index in [0.717, 1.165) is 19.6 Å². The molecule has 1 unspecified atom stereocenters. The number of ether oxygens (including phenoxy) is 3. The van der Waals surface area contributed by atoms with E-state index < -0.39 is 5.41 Å². The maximum Gasteiger partial charge on any atom is 0.311 e. The van der Waals surface area contributed by atoms with Crippen LogP contribution in [0.2, 0.25) is 0 Å². The van der Waals surface area contributed by atoms with Crippen molar-refractivity contribution in [2.75, 3.05) is 40.1 Å². The molecule has 0 N–H and O–H groups in total. The first-order valence-corrected chi connectivity index (χ1v) is 8.37. The van der Waals surface area contributed by atoms with Crippen molar-refractivity contribution in [2.45, 2.75) is 47.5 Å². The van der Waals surface area contributed by atoms with Gasteiger partial charge in [-0.2, -0.15) is 0 Å². The van der Waals surface area contributed by atoms with E-state index in [2.05, 4.69) is 18.7 Å². The van der Waals surface area contributed by atoms with Crippen LogP contribution in [0.1, 0.15) is 47.5 Å². The van der Waals surface area contributed by atoms with Crippen molar-refractivity contribution in [3.8, 4) is 0 Å². The van der Waals surface area contributed by atoms with Crippen LogP contribution in [0.15, 0.2) is 0 Å². The summed E-state index contributed by atoms with van der Waals surface area (Å²) in [6, 6.07) is 0. The van der Waals surface area contributed by atoms with Crippen molar-refractivity contribution in [3.05, 3.63) is 0 Å². The molecule has 0 aliphatic rings. The van der Waals surface area contributed by atoms with E-state index in [-0.39, 0.29) is 24.6 Å². The van der Waals surface area contributed by atoms with Crippen molar-refractivity contribution in [3.63, 3.8) is 0 Å². The highest BCUT2D eigenvalue weighted by Crippen LogP contribution is 2.29. The zero-order valence-electron chi connectivity index (χ0n) is 15.5. The highest BCUT2D eigenvalue weighted by molar-refractivity contribution is 5.78. The van der Waals surface area contributed by atoms with E-state index in [1.54, 1.807) is 13.8 Å². The first-order valence-electron chi connectivity index (χ1n) is 8.37. The third-order valence-electron chi connectivity index (χ3n) is 3.99. The molecule has 0 aromatic carbocycles. The minimum atomic E-state index is -0.726. The molecule has 6 nitrogen and oxygen atoms in total. The Kier molecular flexibility index (Phi) is 10.8. The van der Waals surface area contributed by atoms with Crippen LogP contribution in [0.25, 0.3) is 0 Å². The van der Waals surface area contributed by atoms with E-state index >= 15 is 0 Å². The molecular formula is C17H33NO5. The van der Waals surface area contributed by atoms with Gasteiger partial charge in [-0.05, 0) is 39.8 Å². The fraction of sp³-hybridized carbons (Fsp3) is 0.882. The fourth-order valence-corrected chi connectivity index (χ4v) is 2.33. The van der Waals surface area contributed by atoms with E-state index in [4.69, 9.17) is 14.2 Å². The lowest BCUT2D eigenvalue weighted by atomic mass is 9.81. The summed E-state index contributed by atoms with van der Waals surface area (Å²) in [7, 11) is 1.46. The Hall–Kier alpha value is -1.14. The number of esters is 2. The molecule has 23 heavy (non-hydrogen) atoms. The molecule has 1 atom stereocenters. The lowest BCUT2D eigenvalue weighted by Gasteiger charge is -2.27. The smallest absolute Gasteiger partial charge is 0.311 e. The molecule has 0 saturated carbocycles. The summed E-state index contributed by atoms with van der Waals surface area (Å²) in [5.41, 5.74) is -0.726. The first-order chi connectivity index (χ1) is 10.8. The Morgan fingerprint density at radius 2 is 1.70 bits per heavy atom. The molecule has 0 fully saturated rings. The monoisotopic (exact) mass is 331 g/mol. The van der Waals surface area contributed by atoms with Gasteiger partial charge >= 0.3 is 11.9 Å². The maximum absolute atomic E-state index is 12.3. The normalized spacial score (nSPS) is 13.0. The van der Waals surface area contributed by atoms with Crippen molar-refractivity contribution in [1.82, 2.24) is 4.90 Å². The highest BCUT2D eigenvalue weighted by Gasteiger charge is 2.35. The number of likely N-dealkylation sites (N-methyl/N-ethyl adjacent to an activating group) is 1. The number of carbonyl (C=O) groups is 2. The number of rotatable bonds is 12. The lowest BCUT2D eigenvalue weighted by molar-refractivity contribution is -0.163. The highest BCUT2D eigenvalue weighted by atomic mass is 16.7. The van der Waals surface area contributed by atoms with E-state index in [9.17, 15) is 9.59 Å². The number of hydrogen-bond acceptors (Lipinski definition) is 6. The summed E-state index contributed by atoms with van der Waals surface area (Å²) in [5, 5.41) is 0. The van der Waals surface area contributed by atoms with Gasteiger partial charge in [0.15, 0.2) is 6.79 Å². The number of hydrogen-bond donors (Lipinski definition) is 0. The third kappa shape index (κ3) is 8.32. The predicted molar refractivity (Wildman–Crippen MR) is 88.9 cm³/mol. The third-order valence-corrected chi connectivity index (χ3v) is 3.99. The van der Waals surface area contributed by atoms with Crippen molar-refractivity contribution >= 4 is 11.9 Å². The Morgan fingerprint density at radius 1 is 1.09 bits per heavy atom. The van der Waals surface area contributed by atoms with Gasteiger partial charge in [-0.3, -0.25) is 9.59 Å². The molecule has 0 amide bonds. The van der Waals surface area contributed by atoms with Gasteiger partial charge in [0.2, 0.25) is 0 Å². The van der Waals surface area contributed by atoms with Crippen LogP contribution in [-0.2, 0) is 23.8 Å². The minimum absolute atomic E-state index is 0.0654. The van der Waals surface area contributed by atoms with Gasteiger partial charge in [-0.1, -0.05) is 20.8 Å². The number of nitrogens with zero attached hydrogens (tertiary/aromatic N) is 1. The Morgan fingerprint density at radius 3 is 2.17 bits per heavy atom. The molecular weight excluding hydrogens is 298 g/mol. The van der Waals surface area contributed by atoms with Crippen molar-refractivity contribution in [1.29, 1.82) is 0 Å². The van der Waals surface area contributed by atoms with Crippen molar-refractivity contribution < 1.29 is 23.8 Å². The second-order valence-corrected chi connectivity index (χ2v) is 6.23. The van der Waals surface area contributed by atoms with E-state index in [1.807, 2.05) is 6.92 Å². The van der Waals surface area contributed by atoms with Crippen LogP contribution in [0, 0.1) is 11.3 Å². The van der Waals surface area contributed by atoms with Crippen LogP contribution in [0.4, 0.5) is 0 Å². The molecule has 136 valence electrons. The molecule has 0 aromatic heterocycles. The molecule has 0 heterocycles. The first kappa shape index (κ1) is 21.9. The van der Waals surface area contributed by atoms with Gasteiger partial charge in [0, 0.05) is 13.7 Å².